The molecule has 2 N–H and O–H groups in total. The Morgan fingerprint density at radius 2 is 2.06 bits per heavy atom. The molecule has 0 saturated carbocycles. The molecule has 18 heavy (non-hydrogen) atoms. The highest BCUT2D eigenvalue weighted by Gasteiger charge is 2.11. The van der Waals surface area contributed by atoms with E-state index in [1.807, 2.05) is 22.6 Å². The average molecular weight is 399 g/mol. The highest BCUT2D eigenvalue weighted by Crippen LogP contribution is 2.32. The fourth-order valence-electron chi connectivity index (χ4n) is 1.06. The summed E-state index contributed by atoms with van der Waals surface area (Å²) in [5.41, 5.74) is 0.448. The number of amides is 2. The SMILES string of the molecule is C=CC(=O)NCC(=O)Nc1ccc(Cl)c(I)c1Cl. The van der Waals surface area contributed by atoms with Gasteiger partial charge in [0.15, 0.2) is 0 Å². The van der Waals surface area contributed by atoms with Gasteiger partial charge < -0.3 is 10.6 Å². The van der Waals surface area contributed by atoms with Gasteiger partial charge in [-0.05, 0) is 40.8 Å². The number of halogens is 3. The van der Waals surface area contributed by atoms with Crippen LogP contribution in [-0.4, -0.2) is 18.4 Å². The molecule has 7 heteroatoms. The Bertz CT molecular complexity index is 506. The second-order valence-corrected chi connectivity index (χ2v) is 5.06. The van der Waals surface area contributed by atoms with Gasteiger partial charge in [0.1, 0.15) is 0 Å². The Hall–Kier alpha value is -0.790. The Balaban J connectivity index is 2.68. The molecule has 0 atom stereocenters. The lowest BCUT2D eigenvalue weighted by molar-refractivity contribution is -0.121. The summed E-state index contributed by atoms with van der Waals surface area (Å²) >= 11 is 13.9. The van der Waals surface area contributed by atoms with Crippen LogP contribution in [0.2, 0.25) is 10.0 Å². The monoisotopic (exact) mass is 398 g/mol. The lowest BCUT2D eigenvalue weighted by atomic mass is 10.3. The minimum absolute atomic E-state index is 0.152. The highest BCUT2D eigenvalue weighted by molar-refractivity contribution is 14.1. The third-order valence-electron chi connectivity index (χ3n) is 1.92. The Kier molecular flexibility index (Phi) is 5.90. The molecular formula is C11H9Cl2IN2O2. The summed E-state index contributed by atoms with van der Waals surface area (Å²) in [7, 11) is 0. The summed E-state index contributed by atoms with van der Waals surface area (Å²) in [4.78, 5) is 22.4. The van der Waals surface area contributed by atoms with E-state index in [-0.39, 0.29) is 12.5 Å². The molecule has 0 aliphatic heterocycles. The first-order chi connectivity index (χ1) is 8.45. The second kappa shape index (κ2) is 6.96. The molecule has 0 bridgehead atoms. The summed E-state index contributed by atoms with van der Waals surface area (Å²) in [6.07, 6.45) is 1.09. The first-order valence-corrected chi connectivity index (χ1v) is 6.62. The van der Waals surface area contributed by atoms with Gasteiger partial charge >= 0.3 is 0 Å². The van der Waals surface area contributed by atoms with Crippen molar-refractivity contribution in [1.29, 1.82) is 0 Å². The number of anilines is 1. The van der Waals surface area contributed by atoms with Crippen LogP contribution in [0.4, 0.5) is 5.69 Å². The standard InChI is InChI=1S/C11H9Cl2IN2O2/c1-2-8(17)15-5-9(18)16-7-4-3-6(12)11(14)10(7)13/h2-4H,1,5H2,(H,15,17)(H,16,18). The molecule has 0 heterocycles. The Morgan fingerprint density at radius 1 is 1.39 bits per heavy atom. The van der Waals surface area contributed by atoms with Crippen molar-refractivity contribution >= 4 is 63.3 Å². The van der Waals surface area contributed by atoms with Gasteiger partial charge in [-0.15, -0.1) is 0 Å². The second-order valence-electron chi connectivity index (χ2n) is 3.19. The predicted octanol–water partition coefficient (Wildman–Crippen LogP) is 2.84. The van der Waals surface area contributed by atoms with Crippen LogP contribution in [0.25, 0.3) is 0 Å². The number of rotatable bonds is 4. The van der Waals surface area contributed by atoms with Gasteiger partial charge in [0.05, 0.1) is 25.8 Å². The van der Waals surface area contributed by atoms with E-state index in [0.717, 1.165) is 6.08 Å². The van der Waals surface area contributed by atoms with E-state index in [1.165, 1.54) is 0 Å². The number of carbonyl (C=O) groups excluding carboxylic acids is 2. The third kappa shape index (κ3) is 4.15. The summed E-state index contributed by atoms with van der Waals surface area (Å²) in [6.45, 7) is 3.13. The molecule has 1 aromatic carbocycles. The van der Waals surface area contributed by atoms with Gasteiger partial charge in [-0.3, -0.25) is 9.59 Å². The fraction of sp³-hybridized carbons (Fsp3) is 0.0909. The van der Waals surface area contributed by atoms with Crippen LogP contribution < -0.4 is 10.6 Å². The molecule has 0 aliphatic carbocycles. The quantitative estimate of drug-likeness (QED) is 0.465. The van der Waals surface area contributed by atoms with E-state index < -0.39 is 5.91 Å². The topological polar surface area (TPSA) is 58.2 Å². The molecule has 0 saturated heterocycles. The number of hydrogen-bond acceptors (Lipinski definition) is 2. The normalized spacial score (nSPS) is 9.72. The van der Waals surface area contributed by atoms with E-state index in [4.69, 9.17) is 23.2 Å². The molecule has 96 valence electrons. The van der Waals surface area contributed by atoms with Crippen molar-refractivity contribution in [2.45, 2.75) is 0 Å². The van der Waals surface area contributed by atoms with Gasteiger partial charge in [-0.2, -0.15) is 0 Å². The van der Waals surface area contributed by atoms with Gasteiger partial charge in [-0.25, -0.2) is 0 Å². The van der Waals surface area contributed by atoms with Crippen LogP contribution in [0.15, 0.2) is 24.8 Å². The zero-order chi connectivity index (χ0) is 13.7. The van der Waals surface area contributed by atoms with E-state index in [2.05, 4.69) is 17.2 Å². The van der Waals surface area contributed by atoms with Crippen LogP contribution in [0.5, 0.6) is 0 Å². The Morgan fingerprint density at radius 3 is 2.67 bits per heavy atom. The fourth-order valence-corrected chi connectivity index (χ4v) is 1.94. The zero-order valence-corrected chi connectivity index (χ0v) is 12.8. The van der Waals surface area contributed by atoms with Gasteiger partial charge in [0.25, 0.3) is 0 Å². The van der Waals surface area contributed by atoms with Gasteiger partial charge in [0, 0.05) is 0 Å². The summed E-state index contributed by atoms with van der Waals surface area (Å²) in [5.74, 6) is -0.799. The maximum absolute atomic E-state index is 11.5. The first-order valence-electron chi connectivity index (χ1n) is 4.79. The summed E-state index contributed by atoms with van der Waals surface area (Å²) in [6, 6.07) is 3.23. The van der Waals surface area contributed by atoms with Crippen molar-refractivity contribution < 1.29 is 9.59 Å². The molecule has 0 aliphatic rings. The first kappa shape index (κ1) is 15.3. The number of benzene rings is 1. The van der Waals surface area contributed by atoms with E-state index in [0.29, 0.717) is 19.3 Å². The van der Waals surface area contributed by atoms with Crippen molar-refractivity contribution in [2.24, 2.45) is 0 Å². The van der Waals surface area contributed by atoms with E-state index in [1.54, 1.807) is 12.1 Å². The molecule has 0 fully saturated rings. The lowest BCUT2D eigenvalue weighted by Crippen LogP contribution is -2.31. The maximum atomic E-state index is 11.5. The predicted molar refractivity (Wildman–Crippen MR) is 81.0 cm³/mol. The molecule has 4 nitrogen and oxygen atoms in total. The van der Waals surface area contributed by atoms with Crippen molar-refractivity contribution in [1.82, 2.24) is 5.32 Å². The minimum Gasteiger partial charge on any atom is -0.343 e. The molecule has 2 amide bonds. The summed E-state index contributed by atoms with van der Waals surface area (Å²) in [5, 5.41) is 5.81. The van der Waals surface area contributed by atoms with Crippen LogP contribution in [0.1, 0.15) is 0 Å². The van der Waals surface area contributed by atoms with Gasteiger partial charge in [-0.1, -0.05) is 29.8 Å². The van der Waals surface area contributed by atoms with Crippen molar-refractivity contribution in [3.05, 3.63) is 38.4 Å². The number of hydrogen-bond donors (Lipinski definition) is 2. The number of nitrogens with one attached hydrogen (secondary N) is 2. The molecule has 0 spiro atoms. The molecule has 0 radical (unpaired) electrons. The van der Waals surface area contributed by atoms with Crippen molar-refractivity contribution in [3.63, 3.8) is 0 Å². The van der Waals surface area contributed by atoms with Gasteiger partial charge in [0.2, 0.25) is 11.8 Å². The van der Waals surface area contributed by atoms with E-state index >= 15 is 0 Å². The lowest BCUT2D eigenvalue weighted by Gasteiger charge is -2.09. The van der Waals surface area contributed by atoms with Crippen LogP contribution >= 0.6 is 45.8 Å². The van der Waals surface area contributed by atoms with E-state index in [9.17, 15) is 9.59 Å². The Labute approximate surface area is 128 Å². The average Bonchev–Trinajstić information content (AvgIpc) is 2.36. The highest BCUT2D eigenvalue weighted by atomic mass is 127. The summed E-state index contributed by atoms with van der Waals surface area (Å²) < 4.78 is 0.656. The van der Waals surface area contributed by atoms with Crippen LogP contribution in [0, 0.1) is 3.57 Å². The molecule has 1 rings (SSSR count). The smallest absolute Gasteiger partial charge is 0.243 e. The minimum atomic E-state index is -0.415. The van der Waals surface area contributed by atoms with Crippen LogP contribution in [0.3, 0.4) is 0 Å². The molecule has 0 aromatic heterocycles. The van der Waals surface area contributed by atoms with Crippen molar-refractivity contribution in [2.75, 3.05) is 11.9 Å². The molecule has 0 unspecified atom stereocenters. The van der Waals surface area contributed by atoms with Crippen molar-refractivity contribution in [3.8, 4) is 0 Å². The molecule has 1 aromatic rings. The third-order valence-corrected chi connectivity index (χ3v) is 4.38. The van der Waals surface area contributed by atoms with Crippen LogP contribution in [-0.2, 0) is 9.59 Å². The maximum Gasteiger partial charge on any atom is 0.243 e. The zero-order valence-electron chi connectivity index (χ0n) is 9.10. The molecular weight excluding hydrogens is 390 g/mol. The number of carbonyl (C=O) groups is 2. The largest absolute Gasteiger partial charge is 0.343 e.